The van der Waals surface area contributed by atoms with Crippen LogP contribution in [0.3, 0.4) is 0 Å². The van der Waals surface area contributed by atoms with Crippen molar-refractivity contribution in [1.82, 2.24) is 19.8 Å². The minimum Gasteiger partial charge on any atom is -0.349 e. The molecule has 1 aromatic carbocycles. The lowest BCUT2D eigenvalue weighted by Gasteiger charge is -2.33. The van der Waals surface area contributed by atoms with Gasteiger partial charge < -0.3 is 15.2 Å². The van der Waals surface area contributed by atoms with E-state index in [4.69, 9.17) is 0 Å². The second-order valence-corrected chi connectivity index (χ2v) is 8.44. The molecule has 2 heterocycles. The standard InChI is InChI=1S/C22H30N4O3/c1-2-26-21(28)18-8-7-16(13-19(18)24-22(26)29)20(27)23-17-9-11-25(12-10-17)14-15-5-3-4-6-15/h7-8,13,15,17H,2-6,9-12,14H2,1H3,(H,23,27)(H,24,29). The molecule has 0 atom stereocenters. The number of hydrogen-bond donors (Lipinski definition) is 2. The van der Waals surface area contributed by atoms with Crippen LogP contribution in [0.2, 0.25) is 0 Å². The van der Waals surface area contributed by atoms with Gasteiger partial charge in [-0.25, -0.2) is 4.79 Å². The van der Waals surface area contributed by atoms with E-state index in [9.17, 15) is 14.4 Å². The molecule has 2 fully saturated rings. The fourth-order valence-corrected chi connectivity index (χ4v) is 4.77. The molecule has 0 unspecified atom stereocenters. The second-order valence-electron chi connectivity index (χ2n) is 8.44. The minimum atomic E-state index is -0.447. The summed E-state index contributed by atoms with van der Waals surface area (Å²) in [5.74, 6) is 0.708. The van der Waals surface area contributed by atoms with Gasteiger partial charge in [0.05, 0.1) is 10.9 Å². The van der Waals surface area contributed by atoms with E-state index in [0.29, 0.717) is 23.0 Å². The Morgan fingerprint density at radius 2 is 1.86 bits per heavy atom. The van der Waals surface area contributed by atoms with E-state index in [1.54, 1.807) is 25.1 Å². The maximum absolute atomic E-state index is 12.7. The van der Waals surface area contributed by atoms with Crippen molar-refractivity contribution in [1.29, 1.82) is 0 Å². The van der Waals surface area contributed by atoms with E-state index in [0.717, 1.165) is 36.4 Å². The number of amides is 1. The summed E-state index contributed by atoms with van der Waals surface area (Å²) in [7, 11) is 0. The summed E-state index contributed by atoms with van der Waals surface area (Å²) in [5.41, 5.74) is 0.101. The van der Waals surface area contributed by atoms with Crippen LogP contribution in [-0.2, 0) is 6.54 Å². The van der Waals surface area contributed by atoms with Gasteiger partial charge in [-0.3, -0.25) is 14.2 Å². The molecule has 0 bridgehead atoms. The molecule has 1 amide bonds. The highest BCUT2D eigenvalue weighted by Gasteiger charge is 2.24. The molecular formula is C22H30N4O3. The lowest BCUT2D eigenvalue weighted by molar-refractivity contribution is 0.0906. The van der Waals surface area contributed by atoms with Gasteiger partial charge in [-0.1, -0.05) is 12.8 Å². The van der Waals surface area contributed by atoms with Crippen molar-refractivity contribution in [2.45, 2.75) is 58.0 Å². The summed E-state index contributed by atoms with van der Waals surface area (Å²) >= 11 is 0. The van der Waals surface area contributed by atoms with E-state index < -0.39 is 5.69 Å². The number of nitrogens with one attached hydrogen (secondary N) is 2. The summed E-state index contributed by atoms with van der Waals surface area (Å²) in [4.78, 5) is 42.4. The van der Waals surface area contributed by atoms with E-state index in [1.165, 1.54) is 32.2 Å². The number of rotatable bonds is 5. The summed E-state index contributed by atoms with van der Waals surface area (Å²) in [6.45, 7) is 5.33. The topological polar surface area (TPSA) is 87.2 Å². The van der Waals surface area contributed by atoms with Crippen molar-refractivity contribution in [3.63, 3.8) is 0 Å². The quantitative estimate of drug-likeness (QED) is 0.807. The molecule has 1 aliphatic heterocycles. The van der Waals surface area contributed by atoms with E-state index in [-0.39, 0.29) is 17.5 Å². The molecule has 2 aliphatic rings. The van der Waals surface area contributed by atoms with Gasteiger partial charge in [0.25, 0.3) is 11.5 Å². The summed E-state index contributed by atoms with van der Waals surface area (Å²) in [6, 6.07) is 5.05. The molecule has 1 aromatic heterocycles. The van der Waals surface area contributed by atoms with Crippen LogP contribution in [0.1, 0.15) is 55.8 Å². The number of aromatic nitrogens is 2. The van der Waals surface area contributed by atoms with E-state index in [2.05, 4.69) is 15.2 Å². The molecule has 7 nitrogen and oxygen atoms in total. The normalized spacial score (nSPS) is 19.1. The van der Waals surface area contributed by atoms with Crippen molar-refractivity contribution < 1.29 is 4.79 Å². The first kappa shape index (κ1) is 19.9. The van der Waals surface area contributed by atoms with Crippen molar-refractivity contribution in [2.24, 2.45) is 5.92 Å². The number of benzene rings is 1. The monoisotopic (exact) mass is 398 g/mol. The minimum absolute atomic E-state index is 0.151. The third-order valence-corrected chi connectivity index (χ3v) is 6.47. The number of hydrogen-bond acceptors (Lipinski definition) is 4. The zero-order chi connectivity index (χ0) is 20.4. The zero-order valence-electron chi connectivity index (χ0n) is 17.1. The highest BCUT2D eigenvalue weighted by atomic mass is 16.2. The predicted molar refractivity (Wildman–Crippen MR) is 113 cm³/mol. The Balaban J connectivity index is 1.39. The number of likely N-dealkylation sites (tertiary alicyclic amines) is 1. The van der Waals surface area contributed by atoms with Gasteiger partial charge in [0.2, 0.25) is 0 Å². The Hall–Kier alpha value is -2.41. The first-order valence-corrected chi connectivity index (χ1v) is 10.8. The van der Waals surface area contributed by atoms with Gasteiger partial charge in [-0.15, -0.1) is 0 Å². The van der Waals surface area contributed by atoms with Gasteiger partial charge in [0.1, 0.15) is 0 Å². The van der Waals surface area contributed by atoms with Gasteiger partial charge >= 0.3 is 5.69 Å². The summed E-state index contributed by atoms with van der Waals surface area (Å²) in [6.07, 6.45) is 7.41. The highest BCUT2D eigenvalue weighted by molar-refractivity contribution is 5.97. The first-order chi connectivity index (χ1) is 14.0. The van der Waals surface area contributed by atoms with Crippen LogP contribution >= 0.6 is 0 Å². The fraction of sp³-hybridized carbons (Fsp3) is 0.591. The average Bonchev–Trinajstić information content (AvgIpc) is 3.22. The second kappa shape index (κ2) is 8.53. The molecule has 0 spiro atoms. The number of nitrogens with zero attached hydrogens (tertiary/aromatic N) is 2. The predicted octanol–water partition coefficient (Wildman–Crippen LogP) is 2.09. The number of fused-ring (bicyclic) bond motifs is 1. The van der Waals surface area contributed by atoms with Gasteiger partial charge in [-0.05, 0) is 56.7 Å². The molecule has 0 radical (unpaired) electrons. The highest BCUT2D eigenvalue weighted by Crippen LogP contribution is 2.26. The molecule has 1 saturated heterocycles. The lowest BCUT2D eigenvalue weighted by Crippen LogP contribution is -2.45. The van der Waals surface area contributed by atoms with Crippen LogP contribution in [0.5, 0.6) is 0 Å². The number of aromatic amines is 1. The maximum atomic E-state index is 12.7. The summed E-state index contributed by atoms with van der Waals surface area (Å²) < 4.78 is 1.15. The van der Waals surface area contributed by atoms with Crippen LogP contribution < -0.4 is 16.6 Å². The largest absolute Gasteiger partial charge is 0.349 e. The van der Waals surface area contributed by atoms with E-state index in [1.807, 2.05) is 0 Å². The van der Waals surface area contributed by atoms with Gasteiger partial charge in [0.15, 0.2) is 0 Å². The third kappa shape index (κ3) is 4.29. The zero-order valence-corrected chi connectivity index (χ0v) is 17.1. The molecule has 4 rings (SSSR count). The molecule has 29 heavy (non-hydrogen) atoms. The number of carbonyl (C=O) groups is 1. The van der Waals surface area contributed by atoms with E-state index >= 15 is 0 Å². The van der Waals surface area contributed by atoms with Crippen LogP contribution in [0.25, 0.3) is 10.9 Å². The Morgan fingerprint density at radius 3 is 2.55 bits per heavy atom. The van der Waals surface area contributed by atoms with Crippen LogP contribution in [0, 0.1) is 5.92 Å². The average molecular weight is 399 g/mol. The number of piperidine rings is 1. The first-order valence-electron chi connectivity index (χ1n) is 10.8. The van der Waals surface area contributed by atoms with Crippen LogP contribution in [0.15, 0.2) is 27.8 Å². The van der Waals surface area contributed by atoms with Gasteiger partial charge in [0, 0.05) is 37.8 Å². The van der Waals surface area contributed by atoms with Crippen LogP contribution in [-0.4, -0.2) is 46.0 Å². The molecular weight excluding hydrogens is 368 g/mol. The smallest absolute Gasteiger partial charge is 0.328 e. The lowest BCUT2D eigenvalue weighted by atomic mass is 10.0. The summed E-state index contributed by atoms with van der Waals surface area (Å²) in [5, 5.41) is 3.54. The third-order valence-electron chi connectivity index (χ3n) is 6.47. The van der Waals surface area contributed by atoms with Crippen molar-refractivity contribution in [3.05, 3.63) is 44.6 Å². The molecule has 1 saturated carbocycles. The molecule has 1 aliphatic carbocycles. The molecule has 156 valence electrons. The van der Waals surface area contributed by atoms with Crippen molar-refractivity contribution in [2.75, 3.05) is 19.6 Å². The number of H-pyrrole nitrogens is 1. The van der Waals surface area contributed by atoms with Gasteiger partial charge in [-0.2, -0.15) is 0 Å². The number of carbonyl (C=O) groups excluding carboxylic acids is 1. The van der Waals surface area contributed by atoms with Crippen LogP contribution in [0.4, 0.5) is 0 Å². The molecule has 7 heteroatoms. The Morgan fingerprint density at radius 1 is 1.14 bits per heavy atom. The SMILES string of the molecule is CCn1c(=O)[nH]c2cc(C(=O)NC3CCN(CC4CCCC4)CC3)ccc2c1=O. The Bertz CT molecular complexity index is 995. The molecule has 2 N–H and O–H groups in total. The fourth-order valence-electron chi connectivity index (χ4n) is 4.77. The van der Waals surface area contributed by atoms with Crippen molar-refractivity contribution >= 4 is 16.8 Å². The maximum Gasteiger partial charge on any atom is 0.328 e. The Labute approximate surface area is 170 Å². The van der Waals surface area contributed by atoms with Crippen molar-refractivity contribution in [3.8, 4) is 0 Å². The molecule has 2 aromatic rings. The Kier molecular flexibility index (Phi) is 5.85.